The molecule has 0 saturated heterocycles. The molecule has 0 fully saturated rings. The lowest BCUT2D eigenvalue weighted by atomic mass is 10.1. The van der Waals surface area contributed by atoms with E-state index in [9.17, 15) is 19.3 Å². The zero-order valence-corrected chi connectivity index (χ0v) is 10.1. The number of aromatic nitrogens is 2. The molecule has 0 aliphatic heterocycles. The van der Waals surface area contributed by atoms with Gasteiger partial charge in [-0.05, 0) is 0 Å². The Morgan fingerprint density at radius 3 is 2.75 bits per heavy atom. The molecule has 20 heavy (non-hydrogen) atoms. The molecule has 1 heterocycles. The van der Waals surface area contributed by atoms with Crippen molar-refractivity contribution in [1.82, 2.24) is 9.78 Å². The van der Waals surface area contributed by atoms with Gasteiger partial charge in [0.15, 0.2) is 5.75 Å². The largest absolute Gasteiger partial charge is 0.478 e. The van der Waals surface area contributed by atoms with E-state index in [1.165, 1.54) is 17.1 Å². The number of ether oxygens (including phenoxy) is 1. The molecule has 1 aromatic heterocycles. The predicted octanol–water partition coefficient (Wildman–Crippen LogP) is 1.96. The fourth-order valence-electron chi connectivity index (χ4n) is 1.51. The lowest BCUT2D eigenvalue weighted by molar-refractivity contribution is -0.385. The predicted molar refractivity (Wildman–Crippen MR) is 63.3 cm³/mol. The average Bonchev–Trinajstić information content (AvgIpc) is 2.74. The van der Waals surface area contributed by atoms with Crippen LogP contribution in [0.2, 0.25) is 0 Å². The molecule has 8 nitrogen and oxygen atoms in total. The molecular formula is C11H8FN3O5. The minimum atomic E-state index is -1.60. The maximum atomic E-state index is 13.5. The topological polar surface area (TPSA) is 107 Å². The van der Waals surface area contributed by atoms with E-state index in [-0.39, 0.29) is 5.75 Å². The van der Waals surface area contributed by atoms with E-state index >= 15 is 0 Å². The number of carbonyl (C=O) groups is 1. The summed E-state index contributed by atoms with van der Waals surface area (Å²) >= 11 is 0. The van der Waals surface area contributed by atoms with Crippen molar-refractivity contribution in [2.75, 3.05) is 0 Å². The Bertz CT molecular complexity index is 697. The molecule has 104 valence electrons. The Balaban J connectivity index is 2.48. The molecule has 0 radical (unpaired) electrons. The number of nitrogens with zero attached hydrogens (tertiary/aromatic N) is 3. The number of nitro benzene ring substituents is 1. The maximum Gasteiger partial charge on any atom is 0.338 e. The van der Waals surface area contributed by atoms with E-state index < -0.39 is 33.7 Å². The van der Waals surface area contributed by atoms with Crippen LogP contribution < -0.4 is 4.74 Å². The third-order valence-corrected chi connectivity index (χ3v) is 2.38. The molecule has 0 aliphatic carbocycles. The molecule has 0 atom stereocenters. The highest BCUT2D eigenvalue weighted by atomic mass is 19.1. The van der Waals surface area contributed by atoms with E-state index in [0.29, 0.717) is 12.1 Å². The van der Waals surface area contributed by atoms with Crippen LogP contribution in [0.3, 0.4) is 0 Å². The Labute approximate surface area is 111 Å². The lowest BCUT2D eigenvalue weighted by Gasteiger charge is -2.05. The summed E-state index contributed by atoms with van der Waals surface area (Å²) in [7, 11) is 1.61. The number of carboxylic acids is 1. The average molecular weight is 281 g/mol. The van der Waals surface area contributed by atoms with Gasteiger partial charge in [-0.2, -0.15) is 5.10 Å². The van der Waals surface area contributed by atoms with E-state index in [0.717, 1.165) is 0 Å². The van der Waals surface area contributed by atoms with Crippen LogP contribution in [0.1, 0.15) is 10.4 Å². The molecule has 9 heteroatoms. The van der Waals surface area contributed by atoms with Crippen molar-refractivity contribution in [3.05, 3.63) is 46.0 Å². The number of halogens is 1. The Kier molecular flexibility index (Phi) is 3.34. The van der Waals surface area contributed by atoms with Gasteiger partial charge in [-0.3, -0.25) is 14.8 Å². The molecular weight excluding hydrogens is 273 g/mol. The monoisotopic (exact) mass is 281 g/mol. The van der Waals surface area contributed by atoms with Crippen LogP contribution >= 0.6 is 0 Å². The Hall–Kier alpha value is -2.97. The third kappa shape index (κ3) is 2.55. The first-order valence-electron chi connectivity index (χ1n) is 5.26. The van der Waals surface area contributed by atoms with Crippen molar-refractivity contribution in [3.8, 4) is 11.5 Å². The standard InChI is InChI=1S/C11H8FN3O5/c1-14-5-6(4-13-14)20-10-3-8(12)7(11(16)17)2-9(10)15(18)19/h2-5H,1H3,(H,16,17). The number of nitro groups is 1. The fourth-order valence-corrected chi connectivity index (χ4v) is 1.51. The molecule has 0 aliphatic rings. The van der Waals surface area contributed by atoms with Crippen LogP contribution in [0, 0.1) is 15.9 Å². The second-order valence-electron chi connectivity index (χ2n) is 3.81. The van der Waals surface area contributed by atoms with Gasteiger partial charge in [0.25, 0.3) is 0 Å². The van der Waals surface area contributed by atoms with Crippen LogP contribution in [0.4, 0.5) is 10.1 Å². The molecule has 1 aromatic carbocycles. The van der Waals surface area contributed by atoms with E-state index in [4.69, 9.17) is 9.84 Å². The minimum absolute atomic E-state index is 0.165. The van der Waals surface area contributed by atoms with E-state index in [1.807, 2.05) is 0 Å². The van der Waals surface area contributed by atoms with Crippen molar-refractivity contribution in [2.24, 2.45) is 7.05 Å². The second-order valence-corrected chi connectivity index (χ2v) is 3.81. The number of aryl methyl sites for hydroxylation is 1. The molecule has 2 rings (SSSR count). The van der Waals surface area contributed by atoms with Gasteiger partial charge in [-0.25, -0.2) is 9.18 Å². The molecule has 0 amide bonds. The fraction of sp³-hybridized carbons (Fsp3) is 0.0909. The number of hydrogen-bond donors (Lipinski definition) is 1. The van der Waals surface area contributed by atoms with Gasteiger partial charge in [0.05, 0.1) is 17.3 Å². The summed E-state index contributed by atoms with van der Waals surface area (Å²) in [4.78, 5) is 20.8. The summed E-state index contributed by atoms with van der Waals surface area (Å²) in [6.07, 6.45) is 2.71. The van der Waals surface area contributed by atoms with Crippen LogP contribution in [-0.2, 0) is 7.05 Å². The zero-order valence-electron chi connectivity index (χ0n) is 10.1. The van der Waals surface area contributed by atoms with Gasteiger partial charge >= 0.3 is 11.7 Å². The SMILES string of the molecule is Cn1cc(Oc2cc(F)c(C(=O)O)cc2[N+](=O)[O-])cn1. The van der Waals surface area contributed by atoms with Gasteiger partial charge in [-0.1, -0.05) is 0 Å². The van der Waals surface area contributed by atoms with Crippen LogP contribution in [0.25, 0.3) is 0 Å². The minimum Gasteiger partial charge on any atom is -0.478 e. The normalized spacial score (nSPS) is 10.3. The quantitative estimate of drug-likeness (QED) is 0.678. The van der Waals surface area contributed by atoms with Crippen molar-refractivity contribution in [2.45, 2.75) is 0 Å². The maximum absolute atomic E-state index is 13.5. The van der Waals surface area contributed by atoms with Gasteiger partial charge in [-0.15, -0.1) is 0 Å². The molecule has 2 aromatic rings. The Morgan fingerprint density at radius 2 is 2.25 bits per heavy atom. The van der Waals surface area contributed by atoms with Crippen molar-refractivity contribution in [1.29, 1.82) is 0 Å². The van der Waals surface area contributed by atoms with Crippen molar-refractivity contribution >= 4 is 11.7 Å². The van der Waals surface area contributed by atoms with E-state index in [1.54, 1.807) is 7.05 Å². The van der Waals surface area contributed by atoms with Crippen LogP contribution in [0.5, 0.6) is 11.5 Å². The molecule has 0 unspecified atom stereocenters. The molecule has 0 spiro atoms. The zero-order chi connectivity index (χ0) is 14.9. The van der Waals surface area contributed by atoms with Crippen molar-refractivity contribution in [3.63, 3.8) is 0 Å². The number of rotatable bonds is 4. The lowest BCUT2D eigenvalue weighted by Crippen LogP contribution is -2.03. The van der Waals surface area contributed by atoms with Gasteiger partial charge in [0.2, 0.25) is 5.75 Å². The summed E-state index contributed by atoms with van der Waals surface area (Å²) in [5.74, 6) is -2.95. The first-order valence-corrected chi connectivity index (χ1v) is 5.26. The van der Waals surface area contributed by atoms with Gasteiger partial charge in [0.1, 0.15) is 11.4 Å². The number of benzene rings is 1. The highest BCUT2D eigenvalue weighted by Gasteiger charge is 2.23. The van der Waals surface area contributed by atoms with Gasteiger partial charge < -0.3 is 9.84 Å². The summed E-state index contributed by atoms with van der Waals surface area (Å²) < 4.78 is 20.1. The first kappa shape index (κ1) is 13.5. The molecule has 0 saturated carbocycles. The molecule has 1 N–H and O–H groups in total. The number of carboxylic acid groups (broad SMARTS) is 1. The highest BCUT2D eigenvalue weighted by Crippen LogP contribution is 2.33. The van der Waals surface area contributed by atoms with Gasteiger partial charge in [0, 0.05) is 19.2 Å². The highest BCUT2D eigenvalue weighted by molar-refractivity contribution is 5.89. The smallest absolute Gasteiger partial charge is 0.338 e. The summed E-state index contributed by atoms with van der Waals surface area (Å²) in [6, 6.07) is 1.28. The second kappa shape index (κ2) is 4.96. The third-order valence-electron chi connectivity index (χ3n) is 2.38. The first-order chi connectivity index (χ1) is 9.38. The van der Waals surface area contributed by atoms with Crippen LogP contribution in [-0.4, -0.2) is 25.8 Å². The Morgan fingerprint density at radius 1 is 1.55 bits per heavy atom. The number of aromatic carboxylic acids is 1. The van der Waals surface area contributed by atoms with E-state index in [2.05, 4.69) is 5.10 Å². The van der Waals surface area contributed by atoms with Crippen molar-refractivity contribution < 1.29 is 24.0 Å². The molecule has 0 bridgehead atoms. The summed E-state index contributed by atoms with van der Waals surface area (Å²) in [6.45, 7) is 0. The summed E-state index contributed by atoms with van der Waals surface area (Å²) in [5.41, 5.74) is -1.44. The summed E-state index contributed by atoms with van der Waals surface area (Å²) in [5, 5.41) is 23.4. The number of hydrogen-bond acceptors (Lipinski definition) is 5. The van der Waals surface area contributed by atoms with Crippen LogP contribution in [0.15, 0.2) is 24.5 Å².